The predicted octanol–water partition coefficient (Wildman–Crippen LogP) is 8.98. The van der Waals surface area contributed by atoms with Gasteiger partial charge < -0.3 is 18.9 Å². The van der Waals surface area contributed by atoms with Gasteiger partial charge in [0, 0.05) is 64.5 Å². The van der Waals surface area contributed by atoms with E-state index >= 15 is 0 Å². The second-order valence-electron chi connectivity index (χ2n) is 13.1. The number of thioether (sulfide) groups is 2. The first-order chi connectivity index (χ1) is 25.3. The van der Waals surface area contributed by atoms with E-state index in [1.807, 2.05) is 84.2 Å². The summed E-state index contributed by atoms with van der Waals surface area (Å²) in [4.78, 5) is 57.0. The minimum atomic E-state index is -0.578. The number of thiophene rings is 2. The van der Waals surface area contributed by atoms with Crippen molar-refractivity contribution in [3.8, 4) is 0 Å². The first kappa shape index (κ1) is 36.8. The molecule has 6 unspecified atom stereocenters. The van der Waals surface area contributed by atoms with Crippen LogP contribution in [0.1, 0.15) is 94.2 Å². The zero-order valence-electron chi connectivity index (χ0n) is 28.9. The predicted molar refractivity (Wildman–Crippen MR) is 203 cm³/mol. The number of benzene rings is 2. The summed E-state index contributed by atoms with van der Waals surface area (Å²) in [7, 11) is 0. The Hall–Kier alpha value is -3.58. The minimum Gasteiger partial charge on any atom is -0.466 e. The molecule has 2 aromatic carbocycles. The summed E-state index contributed by atoms with van der Waals surface area (Å²) >= 11 is 7.36. The number of carbonyl (C=O) groups excluding carboxylic acids is 4. The van der Waals surface area contributed by atoms with E-state index in [0.29, 0.717) is 35.2 Å². The average Bonchev–Trinajstić information content (AvgIpc) is 3.88. The van der Waals surface area contributed by atoms with Crippen LogP contribution in [-0.2, 0) is 51.0 Å². The summed E-state index contributed by atoms with van der Waals surface area (Å²) in [5.74, 6) is -1.47. The Morgan fingerprint density at radius 3 is 1.40 bits per heavy atom. The van der Waals surface area contributed by atoms with E-state index in [0.717, 1.165) is 33.7 Å². The molecule has 0 N–H and O–H groups in total. The van der Waals surface area contributed by atoms with Gasteiger partial charge in [-0.2, -0.15) is 0 Å². The molecular weight excluding hydrogens is 737 g/mol. The second-order valence-corrected chi connectivity index (χ2v) is 17.8. The van der Waals surface area contributed by atoms with E-state index in [1.165, 1.54) is 19.5 Å². The van der Waals surface area contributed by atoms with Crippen LogP contribution in [0.3, 0.4) is 0 Å². The molecule has 52 heavy (non-hydrogen) atoms. The van der Waals surface area contributed by atoms with Crippen LogP contribution in [0.15, 0.2) is 82.6 Å². The molecule has 272 valence electrons. The van der Waals surface area contributed by atoms with Crippen LogP contribution < -0.4 is 0 Å². The average molecular weight is 777 g/mol. The molecule has 0 radical (unpaired) electrons. The number of hydrogen-bond acceptors (Lipinski definition) is 12. The highest BCUT2D eigenvalue weighted by molar-refractivity contribution is 8.01. The lowest BCUT2D eigenvalue weighted by Gasteiger charge is -2.34. The van der Waals surface area contributed by atoms with E-state index < -0.39 is 48.9 Å². The number of fused-ring (bicyclic) bond motifs is 6. The van der Waals surface area contributed by atoms with Crippen molar-refractivity contribution >= 4 is 70.1 Å². The quantitative estimate of drug-likeness (QED) is 0.0700. The topological polar surface area (TPSA) is 105 Å². The van der Waals surface area contributed by atoms with E-state index in [4.69, 9.17) is 18.9 Å². The van der Waals surface area contributed by atoms with Gasteiger partial charge in [-0.15, -0.1) is 46.2 Å². The van der Waals surface area contributed by atoms with Crippen LogP contribution in [0.5, 0.6) is 0 Å². The fourth-order valence-electron chi connectivity index (χ4n) is 7.22. The molecule has 1 fully saturated rings. The molecule has 0 spiro atoms. The molecule has 3 aliphatic rings. The number of esters is 4. The van der Waals surface area contributed by atoms with Gasteiger partial charge in [-0.3, -0.25) is 19.2 Å². The Balaban J connectivity index is 1.06. The molecule has 1 aliphatic carbocycles. The van der Waals surface area contributed by atoms with Crippen molar-refractivity contribution in [2.24, 2.45) is 0 Å². The Morgan fingerprint density at radius 1 is 0.615 bits per heavy atom. The summed E-state index contributed by atoms with van der Waals surface area (Å²) in [5.41, 5.74) is 2.12. The van der Waals surface area contributed by atoms with Gasteiger partial charge in [0.1, 0.15) is 25.0 Å². The van der Waals surface area contributed by atoms with E-state index in [-0.39, 0.29) is 13.2 Å². The fourth-order valence-corrected chi connectivity index (χ4v) is 13.6. The molecule has 8 nitrogen and oxygen atoms in total. The molecule has 12 heteroatoms. The minimum absolute atomic E-state index is 0.217. The molecule has 4 aromatic rings. The number of hydrogen-bond donors (Lipinski definition) is 0. The molecule has 0 bridgehead atoms. The van der Waals surface area contributed by atoms with Crippen molar-refractivity contribution < 1.29 is 38.1 Å². The Kier molecular flexibility index (Phi) is 11.7. The summed E-state index contributed by atoms with van der Waals surface area (Å²) in [6.45, 7) is 3.86. The lowest BCUT2D eigenvalue weighted by Crippen LogP contribution is -2.28. The van der Waals surface area contributed by atoms with E-state index in [9.17, 15) is 19.2 Å². The van der Waals surface area contributed by atoms with Gasteiger partial charge in [0.25, 0.3) is 0 Å². The van der Waals surface area contributed by atoms with Crippen molar-refractivity contribution in [1.82, 2.24) is 0 Å². The fraction of sp³-hybridized carbons (Fsp3) is 0.400. The molecule has 2 aromatic heterocycles. The van der Waals surface area contributed by atoms with Gasteiger partial charge in [-0.1, -0.05) is 60.7 Å². The molecule has 4 heterocycles. The SMILES string of the molecule is CCOC(=O)CC(=O)OC(Cc1ccccc1)c1cc2c(s1)C1CC3Sc4cc(C(Cc5ccccc5)OC(=O)CC(=O)OCC)sc4C3CC1S2. The van der Waals surface area contributed by atoms with Crippen LogP contribution in [0.2, 0.25) is 0 Å². The summed E-state index contributed by atoms with van der Waals surface area (Å²) in [6.07, 6.45) is 1.39. The zero-order valence-corrected chi connectivity index (χ0v) is 32.2. The monoisotopic (exact) mass is 776 g/mol. The molecule has 6 atom stereocenters. The first-order valence-corrected chi connectivity index (χ1v) is 21.1. The lowest BCUT2D eigenvalue weighted by atomic mass is 9.80. The van der Waals surface area contributed by atoms with Gasteiger partial charge >= 0.3 is 23.9 Å². The van der Waals surface area contributed by atoms with Crippen LogP contribution in [-0.4, -0.2) is 47.6 Å². The van der Waals surface area contributed by atoms with Crippen molar-refractivity contribution in [3.05, 3.63) is 103 Å². The summed E-state index contributed by atoms with van der Waals surface area (Å²) < 4.78 is 21.9. The smallest absolute Gasteiger partial charge is 0.317 e. The third-order valence-corrected chi connectivity index (χ3v) is 15.3. The number of carbonyl (C=O) groups is 4. The summed E-state index contributed by atoms with van der Waals surface area (Å²) in [6, 6.07) is 24.3. The van der Waals surface area contributed by atoms with Gasteiger partial charge in [-0.05, 0) is 49.9 Å². The van der Waals surface area contributed by atoms with Crippen LogP contribution >= 0.6 is 46.2 Å². The Labute approximate surface area is 320 Å². The third-order valence-electron chi connectivity index (χ3n) is 9.49. The van der Waals surface area contributed by atoms with Crippen molar-refractivity contribution in [3.63, 3.8) is 0 Å². The lowest BCUT2D eigenvalue weighted by molar-refractivity contribution is -0.159. The number of rotatable bonds is 14. The van der Waals surface area contributed by atoms with Crippen LogP contribution in [0, 0.1) is 0 Å². The third kappa shape index (κ3) is 8.46. The normalized spacial score (nSPS) is 20.8. The highest BCUT2D eigenvalue weighted by Crippen LogP contribution is 2.64. The van der Waals surface area contributed by atoms with E-state index in [1.54, 1.807) is 36.5 Å². The van der Waals surface area contributed by atoms with Crippen molar-refractivity contribution in [1.29, 1.82) is 0 Å². The molecule has 7 rings (SSSR count). The maximum atomic E-state index is 12.8. The summed E-state index contributed by atoms with van der Waals surface area (Å²) in [5, 5.41) is 0.908. The van der Waals surface area contributed by atoms with Gasteiger partial charge in [0.05, 0.1) is 13.2 Å². The molecule has 0 saturated heterocycles. The van der Waals surface area contributed by atoms with Gasteiger partial charge in [0.2, 0.25) is 0 Å². The highest BCUT2D eigenvalue weighted by atomic mass is 32.2. The maximum Gasteiger partial charge on any atom is 0.317 e. The van der Waals surface area contributed by atoms with Crippen LogP contribution in [0.25, 0.3) is 0 Å². The van der Waals surface area contributed by atoms with Gasteiger partial charge in [0.15, 0.2) is 0 Å². The Morgan fingerprint density at radius 2 is 1.02 bits per heavy atom. The van der Waals surface area contributed by atoms with Crippen molar-refractivity contribution in [2.75, 3.05) is 13.2 Å². The van der Waals surface area contributed by atoms with Gasteiger partial charge in [-0.25, -0.2) is 0 Å². The number of ether oxygens (including phenoxy) is 4. The standard InChI is InChI=1S/C40H40O8S4/c1-3-45-35(41)21-37(43)47-27(15-23-11-7-5-8-12-23)31-19-33-39(51-31)25-17-30-26(18-29(25)49-33)40-34(50-30)20-32(52-40)28(16-24-13-9-6-10-14-24)48-38(44)22-36(42)46-4-2/h5-14,19-20,25-30H,3-4,15-18,21-22H2,1-2H3. The zero-order chi connectivity index (χ0) is 36.2. The first-order valence-electron chi connectivity index (χ1n) is 17.7. The molecule has 1 saturated carbocycles. The van der Waals surface area contributed by atoms with E-state index in [2.05, 4.69) is 12.1 Å². The molecule has 2 aliphatic heterocycles. The Bertz CT molecular complexity index is 1770. The van der Waals surface area contributed by atoms with Crippen molar-refractivity contribution in [2.45, 2.75) is 96.7 Å². The second kappa shape index (κ2) is 16.6. The molecular formula is C40H40O8S4. The maximum absolute atomic E-state index is 12.8. The molecule has 0 amide bonds. The largest absolute Gasteiger partial charge is 0.466 e. The highest BCUT2D eigenvalue weighted by Gasteiger charge is 2.49. The van der Waals surface area contributed by atoms with Crippen LogP contribution in [0.4, 0.5) is 0 Å².